The number of hydrogen-bond acceptors (Lipinski definition) is 8. The normalized spacial score (nSPS) is 12.3. The molecular formula is C17H14FN8O2S-. The zero-order valence-electron chi connectivity index (χ0n) is 14.8. The molecule has 0 aliphatic rings. The number of nitrogens with one attached hydrogen (secondary N) is 1. The summed E-state index contributed by atoms with van der Waals surface area (Å²) in [6.07, 6.45) is 1.61. The van der Waals surface area contributed by atoms with E-state index in [9.17, 15) is 13.2 Å². The van der Waals surface area contributed by atoms with Crippen LogP contribution in [0, 0.1) is 5.82 Å². The number of nitrogens with zero attached hydrogens (tertiary/aromatic N) is 6. The molecule has 3 heterocycles. The Morgan fingerprint density at radius 3 is 2.79 bits per heavy atom. The Morgan fingerprint density at radius 1 is 1.21 bits per heavy atom. The van der Waals surface area contributed by atoms with Crippen LogP contribution in [0.2, 0.25) is 0 Å². The predicted octanol–water partition coefficient (Wildman–Crippen LogP) is 0.937. The first kappa shape index (κ1) is 19.0. The fourth-order valence-corrected chi connectivity index (χ4v) is 3.04. The lowest BCUT2D eigenvalue weighted by Crippen LogP contribution is -2.19. The molecule has 4 rings (SSSR count). The van der Waals surface area contributed by atoms with Gasteiger partial charge in [0.2, 0.25) is 5.82 Å². The third-order valence-electron chi connectivity index (χ3n) is 4.14. The number of rotatable bonds is 6. The van der Waals surface area contributed by atoms with Crippen LogP contribution < -0.4 is 10.5 Å². The number of hydrogen-bond donors (Lipinski definition) is 2. The molecule has 0 fully saturated rings. The molecule has 29 heavy (non-hydrogen) atoms. The highest BCUT2D eigenvalue weighted by molar-refractivity contribution is 7.77. The second-order valence-corrected chi connectivity index (χ2v) is 6.75. The van der Waals surface area contributed by atoms with E-state index in [0.29, 0.717) is 22.3 Å². The molecule has 0 saturated carbocycles. The molecule has 0 amide bonds. The molecule has 0 aliphatic carbocycles. The molecule has 0 bridgehead atoms. The molecule has 4 aromatic rings. The van der Waals surface area contributed by atoms with Crippen molar-refractivity contribution in [2.24, 2.45) is 0 Å². The van der Waals surface area contributed by atoms with Crippen molar-refractivity contribution in [2.75, 3.05) is 5.73 Å². The van der Waals surface area contributed by atoms with E-state index >= 15 is 0 Å². The lowest BCUT2D eigenvalue weighted by molar-refractivity contribution is 0.521. The minimum atomic E-state index is -2.46. The lowest BCUT2D eigenvalue weighted by atomic mass is 10.2. The monoisotopic (exact) mass is 413 g/mol. The maximum atomic E-state index is 14.1. The molecule has 1 atom stereocenters. The summed E-state index contributed by atoms with van der Waals surface area (Å²) >= 11 is -2.46. The molecule has 0 radical (unpaired) electrons. The Hall–Kier alpha value is -3.35. The summed E-state index contributed by atoms with van der Waals surface area (Å²) in [6.45, 7) is 0.0344. The van der Waals surface area contributed by atoms with E-state index in [0.717, 1.165) is 0 Å². The summed E-state index contributed by atoms with van der Waals surface area (Å²) in [6, 6.07) is 9.93. The van der Waals surface area contributed by atoms with Crippen LogP contribution in [-0.4, -0.2) is 38.7 Å². The number of fused-ring (bicyclic) bond motifs is 1. The molecule has 0 aliphatic heterocycles. The van der Waals surface area contributed by atoms with Gasteiger partial charge in [0.05, 0.1) is 18.5 Å². The van der Waals surface area contributed by atoms with Crippen LogP contribution in [0.3, 0.4) is 0 Å². The predicted molar refractivity (Wildman–Crippen MR) is 102 cm³/mol. The fraction of sp³-hybridized carbons (Fsp3) is 0.118. The number of nitrogens with two attached hydrogens (primary N) is 1. The molecule has 0 saturated heterocycles. The van der Waals surface area contributed by atoms with E-state index in [1.54, 1.807) is 41.2 Å². The average molecular weight is 413 g/mol. The van der Waals surface area contributed by atoms with Gasteiger partial charge in [0, 0.05) is 23.0 Å². The number of pyridine rings is 1. The van der Waals surface area contributed by atoms with Crippen molar-refractivity contribution in [3.8, 4) is 11.5 Å². The van der Waals surface area contributed by atoms with Crippen molar-refractivity contribution in [1.82, 2.24) is 34.7 Å². The summed E-state index contributed by atoms with van der Waals surface area (Å²) < 4.78 is 39.0. The third-order valence-corrected chi connectivity index (χ3v) is 4.52. The first-order valence-corrected chi connectivity index (χ1v) is 9.47. The number of halogens is 1. The van der Waals surface area contributed by atoms with Crippen molar-refractivity contribution in [2.45, 2.75) is 13.1 Å². The first-order valence-electron chi connectivity index (χ1n) is 8.40. The summed E-state index contributed by atoms with van der Waals surface area (Å²) in [5.74, 6) is -0.170. The van der Waals surface area contributed by atoms with Gasteiger partial charge in [-0.1, -0.05) is 18.2 Å². The van der Waals surface area contributed by atoms with Gasteiger partial charge in [-0.05, 0) is 18.2 Å². The highest BCUT2D eigenvalue weighted by atomic mass is 32.2. The van der Waals surface area contributed by atoms with Crippen LogP contribution in [0.15, 0.2) is 42.6 Å². The zero-order valence-corrected chi connectivity index (χ0v) is 15.6. The maximum absolute atomic E-state index is 14.1. The summed E-state index contributed by atoms with van der Waals surface area (Å²) in [5.41, 5.74) is 7.44. The largest absolute Gasteiger partial charge is 0.760 e. The van der Waals surface area contributed by atoms with Crippen molar-refractivity contribution in [1.29, 1.82) is 0 Å². The van der Waals surface area contributed by atoms with Gasteiger partial charge in [0.25, 0.3) is 0 Å². The van der Waals surface area contributed by atoms with Crippen molar-refractivity contribution in [3.63, 3.8) is 0 Å². The minimum Gasteiger partial charge on any atom is -0.760 e. The summed E-state index contributed by atoms with van der Waals surface area (Å²) in [5, 5.41) is 13.1. The summed E-state index contributed by atoms with van der Waals surface area (Å²) in [7, 11) is 0. The van der Waals surface area contributed by atoms with E-state index in [1.807, 2.05) is 0 Å². The third kappa shape index (κ3) is 3.94. The molecule has 148 valence electrons. The number of anilines is 1. The minimum absolute atomic E-state index is 0.0219. The highest BCUT2D eigenvalue weighted by Gasteiger charge is 2.18. The van der Waals surface area contributed by atoms with Gasteiger partial charge < -0.3 is 10.3 Å². The zero-order chi connectivity index (χ0) is 20.4. The molecule has 1 unspecified atom stereocenters. The van der Waals surface area contributed by atoms with Gasteiger partial charge in [-0.15, -0.1) is 10.2 Å². The van der Waals surface area contributed by atoms with Gasteiger partial charge in [-0.25, -0.2) is 23.8 Å². The Balaban J connectivity index is 1.74. The molecular weight excluding hydrogens is 399 g/mol. The highest BCUT2D eigenvalue weighted by Crippen LogP contribution is 2.25. The van der Waals surface area contributed by atoms with Crippen molar-refractivity contribution >= 4 is 28.1 Å². The van der Waals surface area contributed by atoms with E-state index in [-0.39, 0.29) is 36.2 Å². The Labute approximate surface area is 166 Å². The van der Waals surface area contributed by atoms with Crippen molar-refractivity contribution in [3.05, 3.63) is 59.7 Å². The van der Waals surface area contributed by atoms with E-state index < -0.39 is 11.3 Å². The number of benzene rings is 1. The molecule has 10 nitrogen and oxygen atoms in total. The maximum Gasteiger partial charge on any atom is 0.204 e. The number of nitrogen functional groups attached to an aromatic ring is 1. The molecule has 12 heteroatoms. The van der Waals surface area contributed by atoms with Gasteiger partial charge in [-0.3, -0.25) is 4.21 Å². The smallest absolute Gasteiger partial charge is 0.204 e. The Morgan fingerprint density at radius 2 is 2.03 bits per heavy atom. The topological polar surface area (TPSA) is 148 Å². The Kier molecular flexibility index (Phi) is 5.20. The van der Waals surface area contributed by atoms with Crippen LogP contribution in [0.1, 0.15) is 11.3 Å². The standard InChI is InChI=1S/C17H15FN8O2S/c18-12-6-2-1-4-10(12)9-26-17-11(5-3-7-20-17)14(25-26)16-22-15(19)13(23-24-16)8-21-29(27)28/h1-7,21H,8-9H2,(H,27,28)(H2,19,22,24)/p-1. The van der Waals surface area contributed by atoms with E-state index in [1.165, 1.54) is 6.07 Å². The number of aromatic nitrogens is 6. The molecule has 3 N–H and O–H groups in total. The van der Waals surface area contributed by atoms with Crippen LogP contribution in [0.25, 0.3) is 22.6 Å². The summed E-state index contributed by atoms with van der Waals surface area (Å²) in [4.78, 5) is 8.53. The molecule has 1 aromatic carbocycles. The lowest BCUT2D eigenvalue weighted by Gasteiger charge is -2.07. The van der Waals surface area contributed by atoms with Gasteiger partial charge in [0.15, 0.2) is 11.5 Å². The Bertz CT molecular complexity index is 1220. The van der Waals surface area contributed by atoms with Crippen LogP contribution in [0.5, 0.6) is 0 Å². The van der Waals surface area contributed by atoms with E-state index in [4.69, 9.17) is 5.73 Å². The van der Waals surface area contributed by atoms with Crippen LogP contribution in [-0.2, 0) is 24.4 Å². The quantitative estimate of drug-likeness (QED) is 0.444. The molecule has 0 spiro atoms. The first-order chi connectivity index (χ1) is 14.0. The second-order valence-electron chi connectivity index (χ2n) is 6.00. The van der Waals surface area contributed by atoms with Gasteiger partial charge in [0.1, 0.15) is 17.2 Å². The average Bonchev–Trinajstić information content (AvgIpc) is 3.07. The van der Waals surface area contributed by atoms with Crippen molar-refractivity contribution < 1.29 is 13.2 Å². The SMILES string of the molecule is Nc1nc(-c2nn(Cc3ccccc3F)c3ncccc23)nnc1CNS(=O)[O-]. The van der Waals surface area contributed by atoms with Gasteiger partial charge >= 0.3 is 0 Å². The second kappa shape index (κ2) is 7.95. The van der Waals surface area contributed by atoms with Crippen LogP contribution >= 0.6 is 0 Å². The molecule has 3 aromatic heterocycles. The fourth-order valence-electron chi connectivity index (χ4n) is 2.79. The van der Waals surface area contributed by atoms with Gasteiger partial charge in [-0.2, -0.15) is 5.10 Å². The van der Waals surface area contributed by atoms with E-state index in [2.05, 4.69) is 30.0 Å². The van der Waals surface area contributed by atoms with Crippen LogP contribution in [0.4, 0.5) is 10.2 Å².